The molecule has 2 aromatic carbocycles. The van der Waals surface area contributed by atoms with Crippen LogP contribution >= 0.6 is 0 Å². The maximum absolute atomic E-state index is 13.8. The van der Waals surface area contributed by atoms with Gasteiger partial charge in [0.25, 0.3) is 0 Å². The molecule has 0 spiro atoms. The van der Waals surface area contributed by atoms with Crippen LogP contribution in [0.25, 0.3) is 0 Å². The summed E-state index contributed by atoms with van der Waals surface area (Å²) in [4.78, 5) is 12.9. The van der Waals surface area contributed by atoms with Crippen molar-refractivity contribution in [1.82, 2.24) is 14.1 Å². The molecule has 1 saturated heterocycles. The monoisotopic (exact) mass is 442 g/mol. The lowest BCUT2D eigenvalue weighted by Crippen LogP contribution is -2.41. The van der Waals surface area contributed by atoms with Gasteiger partial charge in [-0.15, -0.1) is 0 Å². The van der Waals surface area contributed by atoms with Crippen molar-refractivity contribution in [2.45, 2.75) is 24.3 Å². The van der Waals surface area contributed by atoms with Gasteiger partial charge in [-0.1, -0.05) is 36.4 Å². The summed E-state index contributed by atoms with van der Waals surface area (Å²) < 4.78 is 42.2. The third kappa shape index (κ3) is 4.83. The zero-order chi connectivity index (χ0) is 21.8. The van der Waals surface area contributed by atoms with E-state index in [1.807, 2.05) is 0 Å². The second-order valence-corrected chi connectivity index (χ2v) is 9.41. The number of benzene rings is 2. The summed E-state index contributed by atoms with van der Waals surface area (Å²) in [5, 5.41) is 7.07. The standard InChI is InChI=1S/C22H23FN4O3S/c23-20-9-5-4-6-18(20)16-26-13-12-21(25-26)24-22(28)17-10-14-27(15-11-17)31(29,30)19-7-2-1-3-8-19/h1-9,12-13,17H,10-11,14-16H2,(H,24,25,28). The number of anilines is 1. The summed E-state index contributed by atoms with van der Waals surface area (Å²) in [5.74, 6) is -0.395. The van der Waals surface area contributed by atoms with Crippen molar-refractivity contribution in [3.8, 4) is 0 Å². The lowest BCUT2D eigenvalue weighted by molar-refractivity contribution is -0.120. The minimum absolute atomic E-state index is 0.187. The largest absolute Gasteiger partial charge is 0.309 e. The van der Waals surface area contributed by atoms with Crippen molar-refractivity contribution in [2.75, 3.05) is 18.4 Å². The predicted octanol–water partition coefficient (Wildman–Crippen LogP) is 3.11. The van der Waals surface area contributed by atoms with Crippen molar-refractivity contribution >= 4 is 21.7 Å². The number of nitrogens with zero attached hydrogens (tertiary/aromatic N) is 3. The van der Waals surface area contributed by atoms with Gasteiger partial charge in [0.2, 0.25) is 15.9 Å². The number of sulfonamides is 1. The summed E-state index contributed by atoms with van der Waals surface area (Å²) in [5.41, 5.74) is 0.510. The van der Waals surface area contributed by atoms with Gasteiger partial charge >= 0.3 is 0 Å². The average Bonchev–Trinajstić information content (AvgIpc) is 3.23. The van der Waals surface area contributed by atoms with Crippen LogP contribution in [-0.2, 0) is 21.4 Å². The molecule has 7 nitrogen and oxygen atoms in total. The summed E-state index contributed by atoms with van der Waals surface area (Å²) in [6, 6.07) is 16.4. The van der Waals surface area contributed by atoms with Crippen molar-refractivity contribution in [3.63, 3.8) is 0 Å². The summed E-state index contributed by atoms with van der Waals surface area (Å²) in [6.45, 7) is 0.840. The number of carbonyl (C=O) groups excluding carboxylic acids is 1. The minimum Gasteiger partial charge on any atom is -0.309 e. The molecular formula is C22H23FN4O3S. The van der Waals surface area contributed by atoms with E-state index in [1.54, 1.807) is 65.5 Å². The quantitative estimate of drug-likeness (QED) is 0.636. The molecule has 9 heteroatoms. The van der Waals surface area contributed by atoms with Crippen LogP contribution in [0, 0.1) is 11.7 Å². The highest BCUT2D eigenvalue weighted by molar-refractivity contribution is 7.89. The van der Waals surface area contributed by atoms with Gasteiger partial charge in [-0.3, -0.25) is 9.48 Å². The highest BCUT2D eigenvalue weighted by Gasteiger charge is 2.32. The number of halogens is 1. The SMILES string of the molecule is O=C(Nc1ccn(Cc2ccccc2F)n1)C1CCN(S(=O)(=O)c2ccccc2)CC1. The van der Waals surface area contributed by atoms with Crippen LogP contribution in [0.15, 0.2) is 71.8 Å². The molecule has 0 bridgehead atoms. The molecule has 3 aromatic rings. The fraction of sp³-hybridized carbons (Fsp3) is 0.273. The zero-order valence-corrected chi connectivity index (χ0v) is 17.6. The smallest absolute Gasteiger partial charge is 0.243 e. The number of hydrogen-bond donors (Lipinski definition) is 1. The number of aromatic nitrogens is 2. The molecule has 1 aliphatic rings. The molecule has 0 radical (unpaired) electrons. The Bertz CT molecular complexity index is 1160. The van der Waals surface area contributed by atoms with E-state index in [2.05, 4.69) is 10.4 Å². The average molecular weight is 443 g/mol. The Kier molecular flexibility index (Phi) is 6.15. The van der Waals surface area contributed by atoms with Gasteiger partial charge < -0.3 is 5.32 Å². The molecule has 0 aliphatic carbocycles. The van der Waals surface area contributed by atoms with Gasteiger partial charge in [-0.05, 0) is 31.0 Å². The fourth-order valence-corrected chi connectivity index (χ4v) is 5.14. The predicted molar refractivity (Wildman–Crippen MR) is 114 cm³/mol. The molecular weight excluding hydrogens is 419 g/mol. The van der Waals surface area contributed by atoms with E-state index in [0.717, 1.165) is 0 Å². The van der Waals surface area contributed by atoms with Crippen molar-refractivity contribution < 1.29 is 17.6 Å². The van der Waals surface area contributed by atoms with Crippen LogP contribution in [0.2, 0.25) is 0 Å². The van der Waals surface area contributed by atoms with Crippen molar-refractivity contribution in [1.29, 1.82) is 0 Å². The van der Waals surface area contributed by atoms with E-state index in [4.69, 9.17) is 0 Å². The maximum atomic E-state index is 13.8. The number of amides is 1. The number of hydrogen-bond acceptors (Lipinski definition) is 4. The van der Waals surface area contributed by atoms with Crippen LogP contribution in [0.5, 0.6) is 0 Å². The summed E-state index contributed by atoms with van der Waals surface area (Å²) in [7, 11) is -3.54. The zero-order valence-electron chi connectivity index (χ0n) is 16.8. The molecule has 1 aliphatic heterocycles. The molecule has 4 rings (SSSR count). The van der Waals surface area contributed by atoms with Gasteiger partial charge in [0.1, 0.15) is 5.82 Å². The normalized spacial score (nSPS) is 15.6. The number of carbonyl (C=O) groups is 1. The lowest BCUT2D eigenvalue weighted by atomic mass is 9.97. The van der Waals surface area contributed by atoms with Gasteiger partial charge in [-0.25, -0.2) is 12.8 Å². The summed E-state index contributed by atoms with van der Waals surface area (Å²) >= 11 is 0. The first-order valence-electron chi connectivity index (χ1n) is 10.1. The molecule has 0 unspecified atom stereocenters. The van der Waals surface area contributed by atoms with Gasteiger partial charge in [-0.2, -0.15) is 9.40 Å². The van der Waals surface area contributed by atoms with Crippen LogP contribution in [0.1, 0.15) is 18.4 Å². The Hall–Kier alpha value is -3.04. The second kappa shape index (κ2) is 8.99. The molecule has 1 amide bonds. The first-order chi connectivity index (χ1) is 14.9. The van der Waals surface area contributed by atoms with E-state index in [-0.39, 0.29) is 42.2 Å². The third-order valence-electron chi connectivity index (χ3n) is 5.39. The highest BCUT2D eigenvalue weighted by atomic mass is 32.2. The Balaban J connectivity index is 1.33. The topological polar surface area (TPSA) is 84.3 Å². The molecule has 0 atom stereocenters. The summed E-state index contributed by atoms with van der Waals surface area (Å²) in [6.07, 6.45) is 2.55. The first kappa shape index (κ1) is 21.2. The molecule has 1 fully saturated rings. The van der Waals surface area contributed by atoms with E-state index in [1.165, 1.54) is 10.4 Å². The number of piperidine rings is 1. The Morgan fingerprint density at radius 2 is 1.71 bits per heavy atom. The second-order valence-electron chi connectivity index (χ2n) is 7.47. The van der Waals surface area contributed by atoms with Gasteiger partial charge in [0.15, 0.2) is 5.82 Å². The van der Waals surface area contributed by atoms with Gasteiger partial charge in [0.05, 0.1) is 11.4 Å². The highest BCUT2D eigenvalue weighted by Crippen LogP contribution is 2.24. The van der Waals surface area contributed by atoms with Crippen molar-refractivity contribution in [3.05, 3.63) is 78.2 Å². The molecule has 1 aromatic heterocycles. The fourth-order valence-electron chi connectivity index (χ4n) is 3.65. The van der Waals surface area contributed by atoms with Gasteiger partial charge in [0, 0.05) is 36.8 Å². The van der Waals surface area contributed by atoms with Crippen LogP contribution in [0.4, 0.5) is 10.2 Å². The molecule has 31 heavy (non-hydrogen) atoms. The van der Waals surface area contributed by atoms with Crippen LogP contribution < -0.4 is 5.32 Å². The van der Waals surface area contributed by atoms with E-state index in [0.29, 0.717) is 24.2 Å². The molecule has 2 heterocycles. The minimum atomic E-state index is -3.54. The lowest BCUT2D eigenvalue weighted by Gasteiger charge is -2.30. The third-order valence-corrected chi connectivity index (χ3v) is 7.30. The molecule has 162 valence electrons. The van der Waals surface area contributed by atoms with E-state index < -0.39 is 10.0 Å². The number of rotatable bonds is 6. The Morgan fingerprint density at radius 1 is 1.03 bits per heavy atom. The van der Waals surface area contributed by atoms with Crippen LogP contribution in [-0.4, -0.2) is 41.5 Å². The van der Waals surface area contributed by atoms with Crippen LogP contribution in [0.3, 0.4) is 0 Å². The van der Waals surface area contributed by atoms with Crippen molar-refractivity contribution in [2.24, 2.45) is 5.92 Å². The maximum Gasteiger partial charge on any atom is 0.243 e. The molecule has 1 N–H and O–H groups in total. The Morgan fingerprint density at radius 3 is 2.42 bits per heavy atom. The molecule has 0 saturated carbocycles. The first-order valence-corrected chi connectivity index (χ1v) is 11.5. The van der Waals surface area contributed by atoms with E-state index >= 15 is 0 Å². The number of nitrogens with one attached hydrogen (secondary N) is 1. The Labute approximate surface area is 180 Å². The van der Waals surface area contributed by atoms with E-state index in [9.17, 15) is 17.6 Å².